The number of thiazole rings is 1. The van der Waals surface area contributed by atoms with Crippen LogP contribution in [0.1, 0.15) is 22.2 Å². The zero-order chi connectivity index (χ0) is 11.5. The van der Waals surface area contributed by atoms with E-state index in [2.05, 4.69) is 6.92 Å². The largest absolute Gasteiger partial charge is 0.332 e. The number of hydrogen-bond acceptors (Lipinski definition) is 4. The van der Waals surface area contributed by atoms with E-state index in [1.165, 1.54) is 16.2 Å². The van der Waals surface area contributed by atoms with E-state index in [9.17, 15) is 4.79 Å². The van der Waals surface area contributed by atoms with Crippen LogP contribution >= 0.6 is 22.7 Å². The highest BCUT2D eigenvalue weighted by Gasteiger charge is 2.15. The van der Waals surface area contributed by atoms with Crippen molar-refractivity contribution >= 4 is 33.6 Å². The molecule has 0 aromatic carbocycles. The minimum atomic E-state index is 0.110. The van der Waals surface area contributed by atoms with Gasteiger partial charge < -0.3 is 0 Å². The fourth-order valence-corrected chi connectivity index (χ4v) is 2.90. The Labute approximate surface area is 102 Å². The minimum Gasteiger partial charge on any atom is -0.290 e. The van der Waals surface area contributed by atoms with Crippen LogP contribution in [0.5, 0.6) is 0 Å². The number of hydrogen-bond donors (Lipinski definition) is 1. The molecule has 0 aliphatic heterocycles. The number of carbonyl (C=O) groups excluding carboxylic acids is 1. The van der Waals surface area contributed by atoms with Gasteiger partial charge in [0.15, 0.2) is 6.54 Å². The van der Waals surface area contributed by atoms with Gasteiger partial charge in [0.1, 0.15) is 6.20 Å². The third kappa shape index (κ3) is 2.31. The van der Waals surface area contributed by atoms with E-state index >= 15 is 0 Å². The average molecular weight is 253 g/mol. The number of ketones is 1. The van der Waals surface area contributed by atoms with E-state index in [4.69, 9.17) is 5.73 Å². The maximum Gasteiger partial charge on any atom is 0.332 e. The fourth-order valence-electron chi connectivity index (χ4n) is 1.41. The first-order valence-corrected chi connectivity index (χ1v) is 6.79. The van der Waals surface area contributed by atoms with Gasteiger partial charge in [0.2, 0.25) is 5.78 Å². The Hall–Kier alpha value is -1.20. The van der Waals surface area contributed by atoms with Crippen LogP contribution in [0.3, 0.4) is 0 Å². The predicted molar refractivity (Wildman–Crippen MR) is 67.0 cm³/mol. The Balaban J connectivity index is 2.15. The first-order chi connectivity index (χ1) is 7.70. The van der Waals surface area contributed by atoms with E-state index in [1.807, 2.05) is 27.6 Å². The second-order valence-electron chi connectivity index (χ2n) is 3.45. The lowest BCUT2D eigenvalue weighted by Crippen LogP contribution is -2.38. The molecule has 0 aliphatic carbocycles. The summed E-state index contributed by atoms with van der Waals surface area (Å²) >= 11 is 3.08. The van der Waals surface area contributed by atoms with Crippen molar-refractivity contribution in [2.45, 2.75) is 19.9 Å². The molecule has 0 radical (unpaired) electrons. The molecule has 0 fully saturated rings. The van der Waals surface area contributed by atoms with Crippen LogP contribution in [0.4, 0.5) is 5.13 Å². The van der Waals surface area contributed by atoms with Gasteiger partial charge in [-0.3, -0.25) is 10.5 Å². The van der Waals surface area contributed by atoms with Gasteiger partial charge in [-0.2, -0.15) is 11.3 Å². The summed E-state index contributed by atoms with van der Waals surface area (Å²) in [6, 6.07) is 1.84. The van der Waals surface area contributed by atoms with Gasteiger partial charge in [0.05, 0.1) is 4.88 Å². The van der Waals surface area contributed by atoms with E-state index < -0.39 is 0 Å². The third-order valence-corrected chi connectivity index (χ3v) is 4.11. The van der Waals surface area contributed by atoms with Crippen molar-refractivity contribution in [1.29, 1.82) is 0 Å². The molecular formula is C11H13N2OS2+. The highest BCUT2D eigenvalue weighted by Crippen LogP contribution is 2.14. The Morgan fingerprint density at radius 1 is 1.56 bits per heavy atom. The Bertz CT molecular complexity index is 488. The van der Waals surface area contributed by atoms with Crippen LogP contribution in [0.15, 0.2) is 23.0 Å². The quantitative estimate of drug-likeness (QED) is 0.670. The summed E-state index contributed by atoms with van der Waals surface area (Å²) in [5.41, 5.74) is 6.62. The van der Waals surface area contributed by atoms with Gasteiger partial charge in [-0.1, -0.05) is 18.3 Å². The molecule has 2 N–H and O–H groups in total. The molecule has 0 amide bonds. The number of aromatic nitrogens is 1. The molecule has 0 atom stereocenters. The molecule has 2 aromatic rings. The molecule has 0 unspecified atom stereocenters. The van der Waals surface area contributed by atoms with Crippen LogP contribution in [0.2, 0.25) is 0 Å². The SMILES string of the molecule is CCc1c[n+](CC(=O)c2ccsc2)c(N)s1. The van der Waals surface area contributed by atoms with E-state index in [1.54, 1.807) is 11.3 Å². The number of Topliss-reactive ketones (excluding diaryl/α,β-unsaturated/α-hetero) is 1. The molecule has 0 saturated carbocycles. The van der Waals surface area contributed by atoms with Crippen molar-refractivity contribution in [3.63, 3.8) is 0 Å². The summed E-state index contributed by atoms with van der Waals surface area (Å²) in [7, 11) is 0. The summed E-state index contributed by atoms with van der Waals surface area (Å²) in [5, 5.41) is 4.47. The lowest BCUT2D eigenvalue weighted by Gasteiger charge is -1.95. The highest BCUT2D eigenvalue weighted by molar-refractivity contribution is 7.14. The highest BCUT2D eigenvalue weighted by atomic mass is 32.1. The lowest BCUT2D eigenvalue weighted by atomic mass is 10.2. The fraction of sp³-hybridized carbons (Fsp3) is 0.273. The topological polar surface area (TPSA) is 47.0 Å². The minimum absolute atomic E-state index is 0.110. The standard InChI is InChI=1S/C11H12N2OS2/c1-2-9-5-13(11(12)16-9)6-10(14)8-3-4-15-7-8/h3-5,7,12H,2,6H2,1H3/p+1. The van der Waals surface area contributed by atoms with Crippen molar-refractivity contribution in [3.8, 4) is 0 Å². The Morgan fingerprint density at radius 3 is 2.94 bits per heavy atom. The molecular weight excluding hydrogens is 240 g/mol. The van der Waals surface area contributed by atoms with Crippen molar-refractivity contribution in [1.82, 2.24) is 0 Å². The van der Waals surface area contributed by atoms with Gasteiger partial charge >= 0.3 is 5.13 Å². The first-order valence-electron chi connectivity index (χ1n) is 5.03. The number of nitrogens with zero attached hydrogens (tertiary/aromatic N) is 1. The number of nitrogen functional groups attached to an aromatic ring is 1. The van der Waals surface area contributed by atoms with Gasteiger partial charge in [0.25, 0.3) is 0 Å². The number of nitrogens with two attached hydrogens (primary N) is 1. The zero-order valence-corrected chi connectivity index (χ0v) is 10.6. The molecule has 16 heavy (non-hydrogen) atoms. The van der Waals surface area contributed by atoms with Crippen molar-refractivity contribution < 1.29 is 9.36 Å². The number of carbonyl (C=O) groups is 1. The molecule has 0 aliphatic rings. The van der Waals surface area contributed by atoms with Gasteiger partial charge in [-0.15, -0.1) is 0 Å². The summed E-state index contributed by atoms with van der Waals surface area (Å²) < 4.78 is 1.82. The van der Waals surface area contributed by atoms with Crippen LogP contribution in [-0.4, -0.2) is 5.78 Å². The number of rotatable bonds is 4. The molecule has 3 nitrogen and oxygen atoms in total. The Kier molecular flexibility index (Phi) is 3.36. The smallest absolute Gasteiger partial charge is 0.290 e. The lowest BCUT2D eigenvalue weighted by molar-refractivity contribution is -0.664. The number of aryl methyl sites for hydroxylation is 1. The van der Waals surface area contributed by atoms with Gasteiger partial charge in [-0.25, -0.2) is 4.57 Å². The summed E-state index contributed by atoms with van der Waals surface area (Å²) in [6.07, 6.45) is 2.92. The van der Waals surface area contributed by atoms with Crippen molar-refractivity contribution in [2.75, 3.05) is 5.73 Å². The molecule has 5 heteroatoms. The third-order valence-electron chi connectivity index (χ3n) is 2.32. The maximum atomic E-state index is 11.9. The molecule has 2 heterocycles. The average Bonchev–Trinajstić information content (AvgIpc) is 2.88. The van der Waals surface area contributed by atoms with Crippen molar-refractivity contribution in [2.24, 2.45) is 0 Å². The predicted octanol–water partition coefficient (Wildman–Crippen LogP) is 2.12. The summed E-state index contributed by atoms with van der Waals surface area (Å²) in [4.78, 5) is 13.1. The molecule has 2 aromatic heterocycles. The van der Waals surface area contributed by atoms with Crippen LogP contribution in [0.25, 0.3) is 0 Å². The summed E-state index contributed by atoms with van der Waals surface area (Å²) in [6.45, 7) is 2.41. The van der Waals surface area contributed by atoms with Crippen LogP contribution in [0, 0.1) is 0 Å². The van der Waals surface area contributed by atoms with Gasteiger partial charge in [0, 0.05) is 10.9 Å². The van der Waals surface area contributed by atoms with Crippen LogP contribution < -0.4 is 10.3 Å². The number of anilines is 1. The van der Waals surface area contributed by atoms with E-state index in [-0.39, 0.29) is 5.78 Å². The summed E-state index contributed by atoms with van der Waals surface area (Å²) in [5.74, 6) is 0.110. The molecule has 0 saturated heterocycles. The zero-order valence-electron chi connectivity index (χ0n) is 8.97. The monoisotopic (exact) mass is 253 g/mol. The number of thiophene rings is 1. The molecule has 84 valence electrons. The first kappa shape index (κ1) is 11.3. The van der Waals surface area contributed by atoms with Crippen molar-refractivity contribution in [3.05, 3.63) is 33.5 Å². The molecule has 0 bridgehead atoms. The normalized spacial score (nSPS) is 10.6. The van der Waals surface area contributed by atoms with Gasteiger partial charge in [-0.05, 0) is 17.9 Å². The second-order valence-corrected chi connectivity index (χ2v) is 5.38. The Morgan fingerprint density at radius 2 is 2.38 bits per heavy atom. The van der Waals surface area contributed by atoms with Crippen LogP contribution in [-0.2, 0) is 13.0 Å². The second kappa shape index (κ2) is 4.76. The van der Waals surface area contributed by atoms with E-state index in [0.717, 1.165) is 12.0 Å². The molecule has 2 rings (SSSR count). The maximum absolute atomic E-state index is 11.9. The molecule has 0 spiro atoms. The van der Waals surface area contributed by atoms with E-state index in [0.29, 0.717) is 11.7 Å².